The van der Waals surface area contributed by atoms with Crippen LogP contribution in [0.25, 0.3) is 0 Å². The Hall–Kier alpha value is -2.79. The molecule has 0 atom stereocenters. The Balaban J connectivity index is -0.0000000370. The van der Waals surface area contributed by atoms with Crippen molar-refractivity contribution in [1.29, 1.82) is 0 Å². The van der Waals surface area contributed by atoms with Crippen molar-refractivity contribution in [2.24, 2.45) is 0 Å². The van der Waals surface area contributed by atoms with Crippen LogP contribution in [0.2, 0.25) is 0 Å². The van der Waals surface area contributed by atoms with Crippen molar-refractivity contribution >= 4 is 18.1 Å². The van der Waals surface area contributed by atoms with Gasteiger partial charge < -0.3 is 91.7 Å². The summed E-state index contributed by atoms with van der Waals surface area (Å²) in [5.41, 5.74) is 0. The van der Waals surface area contributed by atoms with Gasteiger partial charge in [-0.15, -0.1) is 0 Å². The quantitative estimate of drug-likeness (QED) is 0.0164. The molecule has 0 unspecified atom stereocenters. The first-order valence-electron chi connectivity index (χ1n) is 37.6. The van der Waals surface area contributed by atoms with E-state index in [1.165, 1.54) is 64.2 Å². The molecule has 0 saturated carbocycles. The van der Waals surface area contributed by atoms with Gasteiger partial charge in [0.2, 0.25) is 5.91 Å². The number of amides is 3. The van der Waals surface area contributed by atoms with E-state index in [2.05, 4.69) is 61.2 Å². The number of carbonyl (C=O) groups excluding carboxylic acids is 3. The summed E-state index contributed by atoms with van der Waals surface area (Å²) in [7, 11) is 0. The van der Waals surface area contributed by atoms with Crippen LogP contribution in [0.4, 0.5) is 9.59 Å². The molecule has 0 aliphatic heterocycles. The molecule has 732 valence electrons. The van der Waals surface area contributed by atoms with Gasteiger partial charge in [-0.2, -0.15) is 0 Å². The molecule has 28 heteroatoms. The lowest BCUT2D eigenvalue weighted by atomic mass is 10.2. The number of rotatable bonds is 67. The van der Waals surface area contributed by atoms with Gasteiger partial charge in [0.15, 0.2) is 0 Å². The van der Waals surface area contributed by atoms with Gasteiger partial charge in [0, 0.05) is 112 Å². The van der Waals surface area contributed by atoms with Gasteiger partial charge >= 0.3 is 12.2 Å². The Kier molecular flexibility index (Phi) is 303. The van der Waals surface area contributed by atoms with Crippen LogP contribution in [0.5, 0.6) is 0 Å². The fourth-order valence-corrected chi connectivity index (χ4v) is 5.81. The number of ether oxygens (including phenoxy) is 16. The summed E-state index contributed by atoms with van der Waals surface area (Å²) in [6, 6.07) is 0. The first kappa shape index (κ1) is 178. The minimum atomic E-state index is -0.448. The van der Waals surface area contributed by atoms with E-state index in [9.17, 15) is 14.4 Å². The normalized spacial score (nSPS) is 8.80. The molecule has 0 radical (unpaired) electrons. The maximum atomic E-state index is 11.0. The van der Waals surface area contributed by atoms with Crippen molar-refractivity contribution in [3.05, 3.63) is 0 Å². The smallest absolute Gasteiger partial charge is 0.408 e. The van der Waals surface area contributed by atoms with Crippen LogP contribution >= 0.6 is 0 Å². The van der Waals surface area contributed by atoms with E-state index in [-0.39, 0.29) is 151 Å². The molecule has 0 aromatic carbocycles. The summed E-state index contributed by atoms with van der Waals surface area (Å²) in [6.45, 7) is 52.9. The fraction of sp³-hybridized carbons (Fsp3) is 0.966. The Bertz CT molecular complexity index is 1260. The zero-order valence-electron chi connectivity index (χ0n) is 66.2. The van der Waals surface area contributed by atoms with E-state index < -0.39 is 6.09 Å². The maximum Gasteiger partial charge on any atom is 0.408 e. The SMILES string of the molecule is C.C.C.C.C.C.C.C.C.C.C.C.C.C.C.C.CCCC(=O)NCNCOOCCOCC.CCCCCCOCOCC.CCCCOCC.CCCCOCCCCOCC.CCCCOCCOCOCC.CCCCOCOCCOCC.CCCNC(=O)OCCOCC.CCCOC(=O)NCNCOOCCOCC. The fourth-order valence-electron chi connectivity index (χ4n) is 5.81. The molecule has 5 N–H and O–H groups in total. The number of hydrogen-bond acceptors (Lipinski definition) is 25. The summed E-state index contributed by atoms with van der Waals surface area (Å²) in [6.07, 6.45) is 19.0. The lowest BCUT2D eigenvalue weighted by Gasteiger charge is -2.07. The average molecular weight is 1710 g/mol. The molecule has 0 saturated heterocycles. The predicted molar refractivity (Wildman–Crippen MR) is 500 cm³/mol. The van der Waals surface area contributed by atoms with Crippen molar-refractivity contribution in [3.63, 3.8) is 0 Å². The predicted octanol–water partition coefficient (Wildman–Crippen LogP) is 23.0. The Morgan fingerprint density at radius 2 is 0.496 bits per heavy atom. The van der Waals surface area contributed by atoms with Gasteiger partial charge in [-0.3, -0.25) is 15.4 Å². The van der Waals surface area contributed by atoms with E-state index >= 15 is 0 Å². The summed E-state index contributed by atoms with van der Waals surface area (Å²) in [5, 5.41) is 13.4. The minimum absolute atomic E-state index is 0. The number of carbonyl (C=O) groups is 3. The lowest BCUT2D eigenvalue weighted by Crippen LogP contribution is -2.35. The van der Waals surface area contributed by atoms with Gasteiger partial charge in [0.25, 0.3) is 0 Å². The highest BCUT2D eigenvalue weighted by Gasteiger charge is 2.01. The van der Waals surface area contributed by atoms with Crippen molar-refractivity contribution in [3.8, 4) is 0 Å². The van der Waals surface area contributed by atoms with Crippen molar-refractivity contribution in [2.75, 3.05) is 226 Å². The topological polar surface area (TPSA) is 296 Å². The minimum Gasteiger partial charge on any atom is -0.450 e. The summed E-state index contributed by atoms with van der Waals surface area (Å²) >= 11 is 0. The highest BCUT2D eigenvalue weighted by molar-refractivity contribution is 5.75. The molecule has 28 nitrogen and oxygen atoms in total. The maximum absolute atomic E-state index is 11.0. The van der Waals surface area contributed by atoms with Crippen LogP contribution in [0.15, 0.2) is 0 Å². The summed E-state index contributed by atoms with van der Waals surface area (Å²) < 4.78 is 81.3. The molecular formula is C87H221N5O23. The largest absolute Gasteiger partial charge is 0.450 e. The van der Waals surface area contributed by atoms with Gasteiger partial charge in [-0.1, -0.05) is 219 Å². The molecule has 0 aromatic heterocycles. The van der Waals surface area contributed by atoms with Gasteiger partial charge in [0.1, 0.15) is 53.7 Å². The second kappa shape index (κ2) is 195. The monoisotopic (exact) mass is 1700 g/mol. The third kappa shape index (κ3) is 234. The highest BCUT2D eigenvalue weighted by Crippen LogP contribution is 1.99. The molecule has 0 aliphatic carbocycles. The first-order valence-corrected chi connectivity index (χ1v) is 37.6. The van der Waals surface area contributed by atoms with Crippen LogP contribution in [-0.4, -0.2) is 244 Å². The van der Waals surface area contributed by atoms with Crippen molar-refractivity contribution in [2.45, 2.75) is 345 Å². The number of unbranched alkanes of at least 4 members (excludes halogenated alkanes) is 8. The molecule has 0 heterocycles. The van der Waals surface area contributed by atoms with Crippen LogP contribution < -0.4 is 26.6 Å². The molecule has 115 heavy (non-hydrogen) atoms. The summed E-state index contributed by atoms with van der Waals surface area (Å²) in [4.78, 5) is 51.8. The van der Waals surface area contributed by atoms with Crippen molar-refractivity contribution in [1.82, 2.24) is 26.6 Å². The lowest BCUT2D eigenvalue weighted by molar-refractivity contribution is -0.303. The van der Waals surface area contributed by atoms with Crippen LogP contribution in [0, 0.1) is 0 Å². The molecule has 0 spiro atoms. The molecule has 0 aromatic rings. The van der Waals surface area contributed by atoms with E-state index in [1.54, 1.807) is 0 Å². The molecule has 3 amide bonds. The molecule has 0 rings (SSSR count). The summed E-state index contributed by atoms with van der Waals surface area (Å²) in [5.74, 6) is 0.0345. The van der Waals surface area contributed by atoms with Crippen LogP contribution in [0.1, 0.15) is 345 Å². The molecule has 0 fully saturated rings. The second-order valence-electron chi connectivity index (χ2n) is 20.3. The Morgan fingerprint density at radius 3 is 0.878 bits per heavy atom. The number of hydrogen-bond donors (Lipinski definition) is 5. The van der Waals surface area contributed by atoms with Gasteiger partial charge in [0.05, 0.1) is 66.2 Å². The van der Waals surface area contributed by atoms with E-state index in [0.29, 0.717) is 139 Å². The highest BCUT2D eigenvalue weighted by atomic mass is 17.2. The third-order valence-corrected chi connectivity index (χ3v) is 11.2. The molecule has 0 aliphatic rings. The Morgan fingerprint density at radius 1 is 0.217 bits per heavy atom. The zero-order valence-corrected chi connectivity index (χ0v) is 66.2. The second-order valence-corrected chi connectivity index (χ2v) is 20.3. The first-order chi connectivity index (χ1) is 48.5. The molecular weight excluding hydrogens is 1480 g/mol. The van der Waals surface area contributed by atoms with E-state index in [0.717, 1.165) is 118 Å². The Labute approximate surface area is 722 Å². The van der Waals surface area contributed by atoms with Gasteiger partial charge in [-0.25, -0.2) is 29.1 Å². The van der Waals surface area contributed by atoms with Crippen molar-refractivity contribution < 1.29 is 110 Å². The average Bonchev–Trinajstić information content (AvgIpc) is 1.10. The standard InChI is InChI=1S/C10H22N2O5.C10H22N2O4.C10H22O2.2C9H20O3.C9H20O2.C8H17NO3.C6H14O.16CH4/c1-3-5-15-10(13)12-8-11-9-17-16-7-6-14-4-2;1-3-5-10(13)12-8-11-9-16-15-7-6-14-4-2;1-3-5-8-12-10-7-6-9-11-4-2;1-3-5-6-11-7-8-12-9-10-4-2;1-3-5-6-11-9-12-8-7-10-4-2;1-3-5-6-7-8-11-9-10-4-2;1-3-5-9-8(10)12-7-6-11-4-2;1-3-5-6-7-4-2;;;;;;;;;;;;;;;;/h11H,3-9H2,1-2H3,(H,12,13);11H,3-9H2,1-2H3,(H,12,13);3-10H2,1-2H3;2*3-9H2,1-2H3;3-9H2,1-2H3;3-7H2,1-2H3,(H,9,10);3-6H2,1-2H3;16*1H4. The number of alkyl carbamates (subject to hydrolysis) is 2. The zero-order chi connectivity index (χ0) is 75.2. The van der Waals surface area contributed by atoms with Gasteiger partial charge in [-0.05, 0) is 120 Å². The third-order valence-electron chi connectivity index (χ3n) is 11.2. The van der Waals surface area contributed by atoms with E-state index in [4.69, 9.17) is 95.3 Å². The van der Waals surface area contributed by atoms with E-state index in [1.807, 2.05) is 76.2 Å². The van der Waals surface area contributed by atoms with Crippen LogP contribution in [-0.2, 0) is 100 Å². The number of nitrogens with one attached hydrogen (secondary N) is 5. The molecule has 0 bridgehead atoms. The van der Waals surface area contributed by atoms with Crippen LogP contribution in [0.3, 0.4) is 0 Å².